The van der Waals surface area contributed by atoms with Crippen molar-refractivity contribution in [2.45, 2.75) is 19.6 Å². The van der Waals surface area contributed by atoms with Crippen LogP contribution in [-0.2, 0) is 12.7 Å². The van der Waals surface area contributed by atoms with Crippen LogP contribution in [0.3, 0.4) is 0 Å². The Labute approximate surface area is 186 Å². The Morgan fingerprint density at radius 3 is 2.50 bits per heavy atom. The molecule has 0 aliphatic heterocycles. The van der Waals surface area contributed by atoms with E-state index in [1.807, 2.05) is 30.3 Å². The molecule has 32 heavy (non-hydrogen) atoms. The number of alkyl halides is 3. The molecular formula is C23H19F3N4OS. The first kappa shape index (κ1) is 21.6. The van der Waals surface area contributed by atoms with Gasteiger partial charge in [0.1, 0.15) is 0 Å². The lowest BCUT2D eigenvalue weighted by molar-refractivity contribution is -0.138. The van der Waals surface area contributed by atoms with Gasteiger partial charge in [-0.2, -0.15) is 13.2 Å². The molecule has 0 aliphatic rings. The number of halogens is 3. The number of carbonyl (C=O) groups is 1. The van der Waals surface area contributed by atoms with Gasteiger partial charge in [-0.1, -0.05) is 36.4 Å². The first-order valence-electron chi connectivity index (χ1n) is 9.67. The highest BCUT2D eigenvalue weighted by molar-refractivity contribution is 7.14. The molecule has 0 radical (unpaired) electrons. The van der Waals surface area contributed by atoms with Crippen molar-refractivity contribution in [2.75, 3.05) is 5.32 Å². The predicted octanol–water partition coefficient (Wildman–Crippen LogP) is 5.83. The zero-order valence-corrected chi connectivity index (χ0v) is 17.8. The van der Waals surface area contributed by atoms with Crippen LogP contribution < -0.4 is 11.1 Å². The van der Waals surface area contributed by atoms with E-state index >= 15 is 0 Å². The van der Waals surface area contributed by atoms with E-state index in [4.69, 9.17) is 5.73 Å². The van der Waals surface area contributed by atoms with Crippen molar-refractivity contribution in [3.8, 4) is 11.4 Å². The van der Waals surface area contributed by atoms with E-state index in [9.17, 15) is 18.0 Å². The third kappa shape index (κ3) is 4.38. The summed E-state index contributed by atoms with van der Waals surface area (Å²) in [6, 6.07) is 16.4. The number of aromatic nitrogens is 2. The minimum absolute atomic E-state index is 0.0803. The van der Waals surface area contributed by atoms with Crippen LogP contribution in [-0.4, -0.2) is 15.5 Å². The number of rotatable bonds is 6. The van der Waals surface area contributed by atoms with Gasteiger partial charge in [-0.3, -0.25) is 4.79 Å². The highest BCUT2D eigenvalue weighted by Gasteiger charge is 2.33. The second-order valence-corrected chi connectivity index (χ2v) is 8.02. The monoisotopic (exact) mass is 456 g/mol. The first-order chi connectivity index (χ1) is 15.2. The molecule has 2 aromatic heterocycles. The summed E-state index contributed by atoms with van der Waals surface area (Å²) >= 11 is 1.35. The Morgan fingerprint density at radius 2 is 1.81 bits per heavy atom. The number of nitrogens with two attached hydrogens (primary N) is 1. The average Bonchev–Trinajstić information content (AvgIpc) is 3.33. The van der Waals surface area contributed by atoms with Gasteiger partial charge in [0, 0.05) is 23.3 Å². The van der Waals surface area contributed by atoms with Gasteiger partial charge in [0.25, 0.3) is 5.91 Å². The number of para-hydroxylation sites is 1. The molecule has 1 amide bonds. The van der Waals surface area contributed by atoms with Crippen LogP contribution in [0.5, 0.6) is 0 Å². The van der Waals surface area contributed by atoms with Gasteiger partial charge in [-0.05, 0) is 36.8 Å². The molecule has 5 nitrogen and oxygen atoms in total. The third-order valence-electron chi connectivity index (χ3n) is 5.07. The zero-order valence-electron chi connectivity index (χ0n) is 17.0. The third-order valence-corrected chi connectivity index (χ3v) is 5.83. The zero-order chi connectivity index (χ0) is 22.9. The smallest absolute Gasteiger partial charge is 0.366 e. The number of anilines is 2. The topological polar surface area (TPSA) is 72.9 Å². The van der Waals surface area contributed by atoms with E-state index in [-0.39, 0.29) is 17.7 Å². The number of amides is 1. The van der Waals surface area contributed by atoms with E-state index in [1.54, 1.807) is 29.0 Å². The maximum absolute atomic E-state index is 13.5. The molecule has 2 aromatic carbocycles. The van der Waals surface area contributed by atoms with E-state index < -0.39 is 17.6 Å². The van der Waals surface area contributed by atoms with Crippen LogP contribution in [0.4, 0.5) is 24.0 Å². The molecule has 164 valence electrons. The van der Waals surface area contributed by atoms with Crippen molar-refractivity contribution in [3.63, 3.8) is 0 Å². The van der Waals surface area contributed by atoms with Crippen molar-refractivity contribution >= 4 is 28.1 Å². The van der Waals surface area contributed by atoms with Gasteiger partial charge in [-0.15, -0.1) is 11.3 Å². The summed E-state index contributed by atoms with van der Waals surface area (Å²) in [5.41, 5.74) is 7.53. The van der Waals surface area contributed by atoms with Crippen molar-refractivity contribution in [2.24, 2.45) is 5.73 Å². The molecule has 0 saturated heterocycles. The minimum Gasteiger partial charge on any atom is -0.366 e. The maximum Gasteiger partial charge on any atom is 0.416 e. The van der Waals surface area contributed by atoms with Crippen molar-refractivity contribution in [1.29, 1.82) is 0 Å². The van der Waals surface area contributed by atoms with Gasteiger partial charge in [-0.25, -0.2) is 4.98 Å². The molecule has 0 aliphatic carbocycles. The number of thiazole rings is 1. The summed E-state index contributed by atoms with van der Waals surface area (Å²) in [4.78, 5) is 16.5. The van der Waals surface area contributed by atoms with Gasteiger partial charge < -0.3 is 15.6 Å². The van der Waals surface area contributed by atoms with E-state index in [2.05, 4.69) is 10.3 Å². The Hall–Kier alpha value is -3.59. The number of hydrogen-bond acceptors (Lipinski definition) is 4. The fraction of sp³-hybridized carbons (Fsp3) is 0.130. The number of nitrogens with one attached hydrogen (secondary N) is 1. The Kier molecular flexibility index (Phi) is 5.75. The molecule has 0 atom stereocenters. The molecule has 3 N–H and O–H groups in total. The lowest BCUT2D eigenvalue weighted by Crippen LogP contribution is -2.15. The molecule has 9 heteroatoms. The van der Waals surface area contributed by atoms with E-state index in [0.717, 1.165) is 11.8 Å². The summed E-state index contributed by atoms with van der Waals surface area (Å²) in [5, 5.41) is 5.60. The molecule has 0 saturated carbocycles. The summed E-state index contributed by atoms with van der Waals surface area (Å²) in [6.45, 7) is 1.58. The fourth-order valence-corrected chi connectivity index (χ4v) is 4.23. The van der Waals surface area contributed by atoms with Crippen molar-refractivity contribution in [3.05, 3.63) is 88.4 Å². The molecular weight excluding hydrogens is 437 g/mol. The molecule has 4 rings (SSSR count). The number of benzene rings is 2. The second kappa shape index (κ2) is 8.51. The summed E-state index contributed by atoms with van der Waals surface area (Å²) in [6.07, 6.45) is -4.49. The first-order valence-corrected chi connectivity index (χ1v) is 10.5. The van der Waals surface area contributed by atoms with Gasteiger partial charge in [0.15, 0.2) is 5.13 Å². The van der Waals surface area contributed by atoms with Gasteiger partial charge in [0.05, 0.1) is 22.5 Å². The van der Waals surface area contributed by atoms with Crippen LogP contribution in [0, 0.1) is 6.92 Å². The van der Waals surface area contributed by atoms with E-state index in [1.165, 1.54) is 23.5 Å². The number of primary amides is 1. The fourth-order valence-electron chi connectivity index (χ4n) is 3.51. The summed E-state index contributed by atoms with van der Waals surface area (Å²) < 4.78 is 42.2. The molecule has 4 aromatic rings. The lowest BCUT2D eigenvalue weighted by atomic mass is 10.1. The van der Waals surface area contributed by atoms with Crippen molar-refractivity contribution < 1.29 is 18.0 Å². The Bertz CT molecular complexity index is 1260. The van der Waals surface area contributed by atoms with E-state index in [0.29, 0.717) is 22.2 Å². The molecule has 2 heterocycles. The molecule has 0 bridgehead atoms. The highest BCUT2D eigenvalue weighted by atomic mass is 32.1. The van der Waals surface area contributed by atoms with Crippen LogP contribution in [0.15, 0.2) is 66.0 Å². The highest BCUT2D eigenvalue weighted by Crippen LogP contribution is 2.35. The lowest BCUT2D eigenvalue weighted by Gasteiger charge is -2.16. The second-order valence-electron chi connectivity index (χ2n) is 7.16. The summed E-state index contributed by atoms with van der Waals surface area (Å²) in [7, 11) is 0. The standard InChI is InChI=1S/C23H19F3N4OS/c1-14-17(21(27)31)11-20(19-13-32-22(29-19)28-16-8-3-2-4-9-16)30(14)12-15-7-5-6-10-18(15)23(24,25)26/h2-11,13H,12H2,1H3,(H2,27,31)(H,28,29). The predicted molar refractivity (Wildman–Crippen MR) is 119 cm³/mol. The van der Waals surface area contributed by atoms with Crippen LogP contribution in [0.2, 0.25) is 0 Å². The Balaban J connectivity index is 1.75. The van der Waals surface area contributed by atoms with Gasteiger partial charge in [0.2, 0.25) is 0 Å². The average molecular weight is 456 g/mol. The number of carbonyl (C=O) groups excluding carboxylic acids is 1. The molecule has 0 fully saturated rings. The largest absolute Gasteiger partial charge is 0.416 e. The molecule has 0 spiro atoms. The SMILES string of the molecule is Cc1c(C(N)=O)cc(-c2csc(Nc3ccccc3)n2)n1Cc1ccccc1C(F)(F)F. The summed E-state index contributed by atoms with van der Waals surface area (Å²) in [5.74, 6) is -0.649. The van der Waals surface area contributed by atoms with Crippen LogP contribution in [0.25, 0.3) is 11.4 Å². The molecule has 0 unspecified atom stereocenters. The minimum atomic E-state index is -4.49. The Morgan fingerprint density at radius 1 is 1.12 bits per heavy atom. The quantitative estimate of drug-likeness (QED) is 0.383. The number of hydrogen-bond donors (Lipinski definition) is 2. The van der Waals surface area contributed by atoms with Gasteiger partial charge >= 0.3 is 6.18 Å². The normalized spacial score (nSPS) is 11.5. The number of nitrogens with zero attached hydrogens (tertiary/aromatic N) is 2. The maximum atomic E-state index is 13.5. The van der Waals surface area contributed by atoms with Crippen LogP contribution in [0.1, 0.15) is 27.2 Å². The van der Waals surface area contributed by atoms with Crippen LogP contribution >= 0.6 is 11.3 Å². The van der Waals surface area contributed by atoms with Crippen molar-refractivity contribution in [1.82, 2.24) is 9.55 Å².